The lowest BCUT2D eigenvalue weighted by atomic mass is 9.92. The number of aromatic nitrogens is 4. The fraction of sp³-hybridized carbons (Fsp3) is 0.727. The van der Waals surface area contributed by atoms with Crippen LogP contribution >= 0.6 is 0 Å². The van der Waals surface area contributed by atoms with Gasteiger partial charge in [-0.2, -0.15) is 9.97 Å². The number of hydrogen-bond acceptors (Lipinski definition) is 10. The van der Waals surface area contributed by atoms with Gasteiger partial charge < -0.3 is 30.5 Å². The van der Waals surface area contributed by atoms with Gasteiger partial charge in [-0.15, -0.1) is 5.06 Å². The van der Waals surface area contributed by atoms with Crippen LogP contribution in [0.15, 0.2) is 6.33 Å². The van der Waals surface area contributed by atoms with Crippen molar-refractivity contribution in [3.05, 3.63) is 6.33 Å². The van der Waals surface area contributed by atoms with Crippen LogP contribution in [0.5, 0.6) is 0 Å². The Labute approximate surface area is 194 Å². The summed E-state index contributed by atoms with van der Waals surface area (Å²) in [7, 11) is 0. The highest BCUT2D eigenvalue weighted by molar-refractivity contribution is 5.84. The smallest absolute Gasteiger partial charge is 0.433 e. The van der Waals surface area contributed by atoms with Crippen molar-refractivity contribution in [2.24, 2.45) is 5.73 Å². The zero-order chi connectivity index (χ0) is 23.4. The van der Waals surface area contributed by atoms with E-state index in [0.717, 1.165) is 55.5 Å². The number of ether oxygens (including phenoxy) is 1. The molecule has 1 aliphatic carbocycles. The number of nitrogens with two attached hydrogens (primary N) is 1. The Morgan fingerprint density at radius 1 is 1.12 bits per heavy atom. The van der Waals surface area contributed by atoms with E-state index in [9.17, 15) is 4.79 Å². The highest BCUT2D eigenvalue weighted by atomic mass is 16.8. The molecule has 0 spiro atoms. The number of nitrogens with one attached hydrogen (secondary N) is 2. The number of carbonyl (C=O) groups is 1. The third kappa shape index (κ3) is 5.83. The summed E-state index contributed by atoms with van der Waals surface area (Å²) >= 11 is 0. The molecule has 2 aromatic heterocycles. The molecule has 1 saturated carbocycles. The van der Waals surface area contributed by atoms with Crippen molar-refractivity contribution in [2.45, 2.75) is 83.5 Å². The van der Waals surface area contributed by atoms with E-state index >= 15 is 0 Å². The van der Waals surface area contributed by atoms with Gasteiger partial charge in [0.1, 0.15) is 0 Å². The predicted octanol–water partition coefficient (Wildman–Crippen LogP) is 3.05. The van der Waals surface area contributed by atoms with Crippen LogP contribution in [0.3, 0.4) is 0 Å². The second-order valence-corrected chi connectivity index (χ2v) is 9.19. The highest BCUT2D eigenvalue weighted by Gasteiger charge is 2.25. The lowest BCUT2D eigenvalue weighted by Gasteiger charge is -2.31. The van der Waals surface area contributed by atoms with E-state index in [1.54, 1.807) is 12.0 Å². The van der Waals surface area contributed by atoms with Gasteiger partial charge in [0.2, 0.25) is 5.95 Å². The normalized spacial score (nSPS) is 22.5. The van der Waals surface area contributed by atoms with Gasteiger partial charge in [-0.1, -0.05) is 0 Å². The van der Waals surface area contributed by atoms with Crippen LogP contribution in [0.4, 0.5) is 16.6 Å². The van der Waals surface area contributed by atoms with E-state index < -0.39 is 6.16 Å². The summed E-state index contributed by atoms with van der Waals surface area (Å²) < 4.78 is 6.93. The van der Waals surface area contributed by atoms with Crippen molar-refractivity contribution >= 4 is 29.1 Å². The third-order valence-corrected chi connectivity index (χ3v) is 6.34. The number of imidazole rings is 1. The van der Waals surface area contributed by atoms with E-state index in [1.807, 2.05) is 6.33 Å². The zero-order valence-corrected chi connectivity index (χ0v) is 19.8. The first kappa shape index (κ1) is 23.5. The van der Waals surface area contributed by atoms with Crippen molar-refractivity contribution in [3.63, 3.8) is 0 Å². The van der Waals surface area contributed by atoms with E-state index in [-0.39, 0.29) is 12.1 Å². The molecule has 0 aromatic carbocycles. The Balaban J connectivity index is 1.47. The quantitative estimate of drug-likeness (QED) is 0.529. The van der Waals surface area contributed by atoms with E-state index in [0.29, 0.717) is 37.7 Å². The standard InChI is InChI=1S/C22H36N8O3/c1-4-32-22(31)33-29-11-9-17(10-12-29)25-19-18-20(30(13-24-18)14(2)3)28-21(27-19)26-16-7-5-15(23)6-8-16/h13-17H,4-12,23H2,1-3H3,(H2,25,26,27,28)/t15-,16-. The maximum Gasteiger partial charge on any atom is 0.527 e. The topological polar surface area (TPSA) is 132 Å². The second-order valence-electron chi connectivity index (χ2n) is 9.19. The number of carbonyl (C=O) groups excluding carboxylic acids is 1. The molecular formula is C22H36N8O3. The lowest BCUT2D eigenvalue weighted by molar-refractivity contribution is -0.137. The van der Waals surface area contributed by atoms with Gasteiger partial charge in [0, 0.05) is 37.3 Å². The Morgan fingerprint density at radius 3 is 2.48 bits per heavy atom. The number of piperidine rings is 1. The van der Waals surface area contributed by atoms with Gasteiger partial charge in [-0.25, -0.2) is 9.78 Å². The fourth-order valence-electron chi connectivity index (χ4n) is 4.44. The maximum atomic E-state index is 11.6. The van der Waals surface area contributed by atoms with Crippen molar-refractivity contribution < 1.29 is 14.4 Å². The molecule has 4 rings (SSSR count). The Kier molecular flexibility index (Phi) is 7.49. The van der Waals surface area contributed by atoms with Gasteiger partial charge in [0.15, 0.2) is 17.0 Å². The first-order valence-corrected chi connectivity index (χ1v) is 12.1. The van der Waals surface area contributed by atoms with Crippen molar-refractivity contribution in [2.75, 3.05) is 30.3 Å². The molecule has 4 N–H and O–H groups in total. The van der Waals surface area contributed by atoms with Crippen LogP contribution in [0.2, 0.25) is 0 Å². The average molecular weight is 461 g/mol. The molecule has 2 aromatic rings. The minimum Gasteiger partial charge on any atom is -0.433 e. The molecule has 1 aliphatic heterocycles. The van der Waals surface area contributed by atoms with Crippen LogP contribution in [0, 0.1) is 0 Å². The molecule has 0 bridgehead atoms. The number of nitrogens with zero attached hydrogens (tertiary/aromatic N) is 5. The van der Waals surface area contributed by atoms with Gasteiger partial charge in [-0.3, -0.25) is 0 Å². The predicted molar refractivity (Wildman–Crippen MR) is 126 cm³/mol. The summed E-state index contributed by atoms with van der Waals surface area (Å²) in [5.41, 5.74) is 7.65. The Bertz CT molecular complexity index is 933. The summed E-state index contributed by atoms with van der Waals surface area (Å²) in [5, 5.41) is 8.76. The molecule has 0 radical (unpaired) electrons. The van der Waals surface area contributed by atoms with Crippen LogP contribution in [-0.2, 0) is 9.57 Å². The molecule has 1 saturated heterocycles. The Morgan fingerprint density at radius 2 is 1.82 bits per heavy atom. The Hall–Kier alpha value is -2.66. The van der Waals surface area contributed by atoms with Crippen LogP contribution in [-0.4, -0.2) is 68.6 Å². The van der Waals surface area contributed by atoms with Crippen molar-refractivity contribution in [1.29, 1.82) is 0 Å². The molecule has 2 fully saturated rings. The zero-order valence-electron chi connectivity index (χ0n) is 19.8. The molecule has 11 heteroatoms. The molecule has 2 aliphatic rings. The van der Waals surface area contributed by atoms with E-state index in [4.69, 9.17) is 25.3 Å². The van der Waals surface area contributed by atoms with Crippen molar-refractivity contribution in [1.82, 2.24) is 24.6 Å². The summed E-state index contributed by atoms with van der Waals surface area (Å²) in [6, 6.07) is 1.05. The molecule has 33 heavy (non-hydrogen) atoms. The first-order chi connectivity index (χ1) is 15.9. The van der Waals surface area contributed by atoms with Gasteiger partial charge >= 0.3 is 6.16 Å². The number of hydrogen-bond donors (Lipinski definition) is 3. The average Bonchev–Trinajstić information content (AvgIpc) is 3.21. The number of fused-ring (bicyclic) bond motifs is 1. The third-order valence-electron chi connectivity index (χ3n) is 6.34. The SMILES string of the molecule is CCOC(=O)ON1CCC(Nc2nc(N[C@H]3CC[C@H](N)CC3)nc3c2ncn3C(C)C)CC1. The number of hydroxylamine groups is 2. The van der Waals surface area contributed by atoms with E-state index in [1.165, 1.54) is 0 Å². The van der Waals surface area contributed by atoms with Crippen LogP contribution < -0.4 is 16.4 Å². The molecule has 11 nitrogen and oxygen atoms in total. The molecule has 3 heterocycles. The summed E-state index contributed by atoms with van der Waals surface area (Å²) in [4.78, 5) is 31.0. The fourth-order valence-corrected chi connectivity index (χ4v) is 4.44. The van der Waals surface area contributed by atoms with Gasteiger partial charge in [-0.05, 0) is 59.3 Å². The van der Waals surface area contributed by atoms with Crippen molar-refractivity contribution in [3.8, 4) is 0 Å². The van der Waals surface area contributed by atoms with Crippen LogP contribution in [0.1, 0.15) is 65.3 Å². The number of rotatable bonds is 7. The summed E-state index contributed by atoms with van der Waals surface area (Å²) in [6.45, 7) is 7.54. The van der Waals surface area contributed by atoms with E-state index in [2.05, 4.69) is 34.0 Å². The van der Waals surface area contributed by atoms with Crippen LogP contribution in [0.25, 0.3) is 11.2 Å². The molecule has 0 atom stereocenters. The first-order valence-electron chi connectivity index (χ1n) is 12.1. The molecule has 0 amide bonds. The molecular weight excluding hydrogens is 424 g/mol. The molecule has 0 unspecified atom stereocenters. The van der Waals surface area contributed by atoms with Gasteiger partial charge in [0.25, 0.3) is 0 Å². The lowest BCUT2D eigenvalue weighted by Crippen LogP contribution is -2.40. The maximum absolute atomic E-state index is 11.6. The largest absolute Gasteiger partial charge is 0.527 e. The minimum atomic E-state index is -0.653. The summed E-state index contributed by atoms with van der Waals surface area (Å²) in [6.07, 6.45) is 6.86. The minimum absolute atomic E-state index is 0.190. The number of anilines is 2. The van der Waals surface area contributed by atoms with Gasteiger partial charge in [0.05, 0.1) is 12.9 Å². The summed E-state index contributed by atoms with van der Waals surface area (Å²) in [5.74, 6) is 1.36. The molecule has 182 valence electrons. The second kappa shape index (κ2) is 10.5. The highest BCUT2D eigenvalue weighted by Crippen LogP contribution is 2.27. The monoisotopic (exact) mass is 460 g/mol.